The molecule has 0 saturated carbocycles. The lowest BCUT2D eigenvalue weighted by molar-refractivity contribution is -0.383. The summed E-state index contributed by atoms with van der Waals surface area (Å²) in [5.74, 6) is 0.0263. The molecule has 0 fully saturated rings. The lowest BCUT2D eigenvalue weighted by Gasteiger charge is -2.20. The Hall–Kier alpha value is -1.23. The molecule has 0 bridgehead atoms. The predicted octanol–water partition coefficient (Wildman–Crippen LogP) is 1.65. The highest BCUT2D eigenvalue weighted by Gasteiger charge is 2.28. The number of sulfonamides is 1. The summed E-state index contributed by atoms with van der Waals surface area (Å²) in [5, 5.41) is 13.7. The lowest BCUT2D eigenvalue weighted by Crippen LogP contribution is -2.41. The SMILES string of the molecule is CNc1sc(S(=O)(=O)NC(COC)C(C)C)cc1[N+](=O)[O-]. The second kappa shape index (κ2) is 7.16. The smallest absolute Gasteiger partial charge is 0.304 e. The summed E-state index contributed by atoms with van der Waals surface area (Å²) >= 11 is 0.823. The van der Waals surface area contributed by atoms with Crippen LogP contribution in [0.5, 0.6) is 0 Å². The molecule has 0 amide bonds. The average Bonchev–Trinajstić information content (AvgIpc) is 2.83. The van der Waals surface area contributed by atoms with Crippen LogP contribution in [0, 0.1) is 16.0 Å². The quantitative estimate of drug-likeness (QED) is 0.551. The summed E-state index contributed by atoms with van der Waals surface area (Å²) in [7, 11) is -0.839. The molecule has 0 aliphatic rings. The number of thiophene rings is 1. The fourth-order valence-electron chi connectivity index (χ4n) is 1.61. The molecule has 1 aromatic heterocycles. The van der Waals surface area contributed by atoms with Gasteiger partial charge < -0.3 is 10.1 Å². The predicted molar refractivity (Wildman–Crippen MR) is 81.3 cm³/mol. The van der Waals surface area contributed by atoms with E-state index in [1.165, 1.54) is 14.2 Å². The fraction of sp³-hybridized carbons (Fsp3) is 0.636. The highest BCUT2D eigenvalue weighted by atomic mass is 32.2. The summed E-state index contributed by atoms with van der Waals surface area (Å²) in [6, 6.07) is 0.655. The molecule has 1 aromatic rings. The Labute approximate surface area is 127 Å². The normalized spacial score (nSPS) is 13.4. The molecule has 120 valence electrons. The van der Waals surface area contributed by atoms with E-state index in [0.29, 0.717) is 0 Å². The Balaban J connectivity index is 3.10. The summed E-state index contributed by atoms with van der Waals surface area (Å²) in [5.41, 5.74) is -0.254. The zero-order chi connectivity index (χ0) is 16.2. The van der Waals surface area contributed by atoms with E-state index in [-0.39, 0.29) is 27.4 Å². The Kier molecular flexibility index (Phi) is 6.08. The van der Waals surface area contributed by atoms with Crippen molar-refractivity contribution in [2.45, 2.75) is 24.1 Å². The van der Waals surface area contributed by atoms with E-state index in [1.807, 2.05) is 13.8 Å². The number of hydrogen-bond donors (Lipinski definition) is 2. The van der Waals surface area contributed by atoms with Crippen LogP contribution < -0.4 is 10.0 Å². The monoisotopic (exact) mass is 337 g/mol. The molecular formula is C11H19N3O5S2. The number of ether oxygens (including phenoxy) is 1. The van der Waals surface area contributed by atoms with Gasteiger partial charge in [-0.05, 0) is 5.92 Å². The molecule has 1 heterocycles. The molecule has 1 unspecified atom stereocenters. The second-order valence-corrected chi connectivity index (χ2v) is 7.71. The Morgan fingerprint density at radius 3 is 2.48 bits per heavy atom. The van der Waals surface area contributed by atoms with Crippen molar-refractivity contribution in [3.05, 3.63) is 16.2 Å². The maximum atomic E-state index is 12.3. The molecule has 2 N–H and O–H groups in total. The molecule has 21 heavy (non-hydrogen) atoms. The zero-order valence-electron chi connectivity index (χ0n) is 12.2. The van der Waals surface area contributed by atoms with Gasteiger partial charge in [-0.15, -0.1) is 0 Å². The van der Waals surface area contributed by atoms with E-state index in [9.17, 15) is 18.5 Å². The van der Waals surface area contributed by atoms with Crippen molar-refractivity contribution in [2.24, 2.45) is 5.92 Å². The number of hydrogen-bond acceptors (Lipinski definition) is 7. The van der Waals surface area contributed by atoms with Crippen molar-refractivity contribution in [3.63, 3.8) is 0 Å². The van der Waals surface area contributed by atoms with Gasteiger partial charge in [0.1, 0.15) is 4.21 Å². The number of rotatable bonds is 8. The van der Waals surface area contributed by atoms with E-state index in [2.05, 4.69) is 10.0 Å². The highest BCUT2D eigenvalue weighted by molar-refractivity contribution is 7.91. The molecule has 0 radical (unpaired) electrons. The minimum Gasteiger partial charge on any atom is -0.383 e. The minimum absolute atomic E-state index is 0.0263. The Bertz CT molecular complexity index is 597. The van der Waals surface area contributed by atoms with E-state index < -0.39 is 21.0 Å². The van der Waals surface area contributed by atoms with Crippen LogP contribution >= 0.6 is 11.3 Å². The minimum atomic E-state index is -3.83. The van der Waals surface area contributed by atoms with E-state index in [4.69, 9.17) is 4.74 Å². The molecule has 10 heteroatoms. The third-order valence-electron chi connectivity index (χ3n) is 2.84. The van der Waals surface area contributed by atoms with Gasteiger partial charge in [0.25, 0.3) is 10.0 Å². The number of nitrogens with zero attached hydrogens (tertiary/aromatic N) is 1. The molecule has 0 aliphatic carbocycles. The average molecular weight is 337 g/mol. The van der Waals surface area contributed by atoms with Gasteiger partial charge in [-0.2, -0.15) is 0 Å². The molecule has 0 aliphatic heterocycles. The standard InChI is InChI=1S/C11H19N3O5S2/c1-7(2)8(6-19-4)13-21(17,18)10-5-9(14(15)16)11(12-3)20-10/h5,7-8,12-13H,6H2,1-4H3. The maximum Gasteiger partial charge on any atom is 0.304 e. The summed E-state index contributed by atoms with van der Waals surface area (Å²) in [4.78, 5) is 10.3. The molecular weight excluding hydrogens is 318 g/mol. The number of anilines is 1. The maximum absolute atomic E-state index is 12.3. The van der Waals surface area contributed by atoms with Crippen molar-refractivity contribution in [1.29, 1.82) is 0 Å². The van der Waals surface area contributed by atoms with Crippen molar-refractivity contribution in [2.75, 3.05) is 26.1 Å². The van der Waals surface area contributed by atoms with Crippen LogP contribution in [0.25, 0.3) is 0 Å². The summed E-state index contributed by atoms with van der Waals surface area (Å²) in [6.07, 6.45) is 0. The van der Waals surface area contributed by atoms with Gasteiger partial charge in [-0.1, -0.05) is 25.2 Å². The van der Waals surface area contributed by atoms with Crippen LogP contribution in [0.4, 0.5) is 10.7 Å². The van der Waals surface area contributed by atoms with Crippen LogP contribution in [-0.2, 0) is 14.8 Å². The van der Waals surface area contributed by atoms with Crippen molar-refractivity contribution >= 4 is 32.0 Å². The van der Waals surface area contributed by atoms with Crippen molar-refractivity contribution in [1.82, 2.24) is 4.72 Å². The van der Waals surface area contributed by atoms with Crippen LogP contribution in [0.2, 0.25) is 0 Å². The van der Waals surface area contributed by atoms with Crippen LogP contribution in [0.3, 0.4) is 0 Å². The molecule has 0 saturated heterocycles. The summed E-state index contributed by atoms with van der Waals surface area (Å²) in [6.45, 7) is 3.95. The highest BCUT2D eigenvalue weighted by Crippen LogP contribution is 2.36. The van der Waals surface area contributed by atoms with Crippen molar-refractivity contribution in [3.8, 4) is 0 Å². The van der Waals surface area contributed by atoms with Gasteiger partial charge >= 0.3 is 5.69 Å². The van der Waals surface area contributed by atoms with Gasteiger partial charge in [0, 0.05) is 26.3 Å². The first-order valence-electron chi connectivity index (χ1n) is 6.20. The van der Waals surface area contributed by atoms with Crippen LogP contribution in [0.1, 0.15) is 13.8 Å². The van der Waals surface area contributed by atoms with Crippen LogP contribution in [-0.4, -0.2) is 40.1 Å². The lowest BCUT2D eigenvalue weighted by atomic mass is 10.1. The number of nitrogens with one attached hydrogen (secondary N) is 2. The van der Waals surface area contributed by atoms with E-state index >= 15 is 0 Å². The topological polar surface area (TPSA) is 111 Å². The molecule has 0 aromatic carbocycles. The third kappa shape index (κ3) is 4.37. The van der Waals surface area contributed by atoms with Crippen LogP contribution in [0.15, 0.2) is 10.3 Å². The van der Waals surface area contributed by atoms with Gasteiger partial charge in [-0.25, -0.2) is 13.1 Å². The largest absolute Gasteiger partial charge is 0.383 e. The first kappa shape index (κ1) is 17.8. The van der Waals surface area contributed by atoms with Gasteiger partial charge in [0.2, 0.25) is 0 Å². The first-order chi connectivity index (χ1) is 9.72. The number of methoxy groups -OCH3 is 1. The molecule has 0 spiro atoms. The Morgan fingerprint density at radius 1 is 1.48 bits per heavy atom. The van der Waals surface area contributed by atoms with Gasteiger partial charge in [0.05, 0.1) is 11.5 Å². The van der Waals surface area contributed by atoms with Gasteiger partial charge in [-0.3, -0.25) is 10.1 Å². The third-order valence-corrected chi connectivity index (χ3v) is 5.94. The van der Waals surface area contributed by atoms with E-state index in [0.717, 1.165) is 17.4 Å². The summed E-state index contributed by atoms with van der Waals surface area (Å²) < 4.78 is 32.1. The molecule has 1 rings (SSSR count). The molecule has 1 atom stereocenters. The van der Waals surface area contributed by atoms with E-state index in [1.54, 1.807) is 0 Å². The zero-order valence-corrected chi connectivity index (χ0v) is 13.9. The fourth-order valence-corrected chi connectivity index (χ4v) is 4.27. The Morgan fingerprint density at radius 2 is 2.10 bits per heavy atom. The molecule has 8 nitrogen and oxygen atoms in total. The van der Waals surface area contributed by atoms with Gasteiger partial charge in [0.15, 0.2) is 5.00 Å². The first-order valence-corrected chi connectivity index (χ1v) is 8.50. The van der Waals surface area contributed by atoms with Crippen molar-refractivity contribution < 1.29 is 18.1 Å². The second-order valence-electron chi connectivity index (χ2n) is 4.71. The number of nitro groups is 1.